The quantitative estimate of drug-likeness (QED) is 0.374. The lowest BCUT2D eigenvalue weighted by Gasteiger charge is -2.11. The van der Waals surface area contributed by atoms with Crippen LogP contribution >= 0.6 is 0 Å². The smallest absolute Gasteiger partial charge is 0.338 e. The fourth-order valence-electron chi connectivity index (χ4n) is 2.56. The number of non-ortho nitro benzene ring substituents is 1. The van der Waals surface area contributed by atoms with Crippen LogP contribution in [-0.4, -0.2) is 61.9 Å². The van der Waals surface area contributed by atoms with Crippen molar-refractivity contribution >= 4 is 33.4 Å². The molecule has 0 radical (unpaired) electrons. The summed E-state index contributed by atoms with van der Waals surface area (Å²) < 4.78 is 32.3. The lowest BCUT2D eigenvalue weighted by Crippen LogP contribution is -2.38. The van der Waals surface area contributed by atoms with Crippen LogP contribution in [-0.2, 0) is 24.1 Å². The number of nitro groups is 1. The number of ether oxygens (including phenoxy) is 2. The van der Waals surface area contributed by atoms with E-state index in [1.54, 1.807) is 6.92 Å². The molecule has 11 nitrogen and oxygen atoms in total. The van der Waals surface area contributed by atoms with E-state index >= 15 is 0 Å². The molecule has 0 bridgehead atoms. The second kappa shape index (κ2) is 8.78. The van der Waals surface area contributed by atoms with Gasteiger partial charge in [-0.15, -0.1) is 0 Å². The zero-order chi connectivity index (χ0) is 20.9. The zero-order valence-electron chi connectivity index (χ0n) is 14.9. The normalized spacial score (nSPS) is 17.5. The van der Waals surface area contributed by atoms with Crippen molar-refractivity contribution in [3.05, 3.63) is 39.4 Å². The Hall–Kier alpha value is -3.02. The predicted molar refractivity (Wildman–Crippen MR) is 94.5 cm³/mol. The van der Waals surface area contributed by atoms with Crippen molar-refractivity contribution in [1.29, 1.82) is 0 Å². The molecule has 2 rings (SSSR count). The summed E-state index contributed by atoms with van der Waals surface area (Å²) >= 11 is 0. The third kappa shape index (κ3) is 5.74. The van der Waals surface area contributed by atoms with Crippen molar-refractivity contribution in [1.82, 2.24) is 5.32 Å². The molecule has 1 amide bonds. The van der Waals surface area contributed by atoms with E-state index in [4.69, 9.17) is 9.47 Å². The van der Waals surface area contributed by atoms with Crippen LogP contribution in [0.15, 0.2) is 18.2 Å². The maximum absolute atomic E-state index is 12.1. The van der Waals surface area contributed by atoms with E-state index in [2.05, 4.69) is 5.32 Å². The van der Waals surface area contributed by atoms with Crippen molar-refractivity contribution in [2.45, 2.75) is 19.4 Å². The molecular weight excluding hydrogens is 396 g/mol. The average Bonchev–Trinajstić information content (AvgIpc) is 2.97. The van der Waals surface area contributed by atoms with E-state index in [-0.39, 0.29) is 35.7 Å². The molecule has 1 fully saturated rings. The Labute approximate surface area is 160 Å². The Bertz CT molecular complexity index is 911. The number of amides is 1. The summed E-state index contributed by atoms with van der Waals surface area (Å²) in [5.74, 6) is -2.81. The first kappa shape index (κ1) is 21.3. The number of carbonyl (C=O) groups is 3. The number of nitrogens with one attached hydrogen (secondary N) is 1. The van der Waals surface area contributed by atoms with Crippen LogP contribution in [0, 0.1) is 10.1 Å². The van der Waals surface area contributed by atoms with Crippen LogP contribution in [0.3, 0.4) is 0 Å². The maximum Gasteiger partial charge on any atom is 0.338 e. The van der Waals surface area contributed by atoms with Crippen LogP contribution < -0.4 is 5.32 Å². The first-order valence-corrected chi connectivity index (χ1v) is 10.1. The molecule has 1 atom stereocenters. The Morgan fingerprint density at radius 2 is 1.79 bits per heavy atom. The number of hydrogen-bond acceptors (Lipinski definition) is 9. The van der Waals surface area contributed by atoms with E-state index in [1.165, 1.54) is 0 Å². The molecule has 0 spiro atoms. The average molecular weight is 414 g/mol. The highest BCUT2D eigenvalue weighted by molar-refractivity contribution is 7.91. The predicted octanol–water partition coefficient (Wildman–Crippen LogP) is 0.232. The van der Waals surface area contributed by atoms with Gasteiger partial charge in [-0.05, 0) is 19.4 Å². The van der Waals surface area contributed by atoms with Crippen LogP contribution in [0.1, 0.15) is 34.1 Å². The summed E-state index contributed by atoms with van der Waals surface area (Å²) in [4.78, 5) is 46.0. The van der Waals surface area contributed by atoms with Crippen molar-refractivity contribution in [2.75, 3.05) is 24.7 Å². The molecule has 1 aliphatic rings. The number of hydrogen-bond donors (Lipinski definition) is 1. The van der Waals surface area contributed by atoms with Gasteiger partial charge in [-0.2, -0.15) is 0 Å². The summed E-state index contributed by atoms with van der Waals surface area (Å²) in [6.07, 6.45) is 0.274. The van der Waals surface area contributed by atoms with Gasteiger partial charge in [0.25, 0.3) is 11.6 Å². The van der Waals surface area contributed by atoms with E-state index in [0.717, 1.165) is 18.2 Å². The van der Waals surface area contributed by atoms with E-state index in [0.29, 0.717) is 0 Å². The van der Waals surface area contributed by atoms with Gasteiger partial charge in [0, 0.05) is 18.2 Å². The van der Waals surface area contributed by atoms with Gasteiger partial charge in [0.05, 0.1) is 34.2 Å². The fourth-order valence-corrected chi connectivity index (χ4v) is 4.23. The van der Waals surface area contributed by atoms with Crippen molar-refractivity contribution in [3.63, 3.8) is 0 Å². The monoisotopic (exact) mass is 414 g/mol. The highest BCUT2D eigenvalue weighted by Gasteiger charge is 2.29. The SMILES string of the molecule is CCOC(=O)c1cc(C(=O)OCC(=O)NC2CCS(=O)(=O)C2)cc([N+](=O)[O-])c1. The minimum Gasteiger partial charge on any atom is -0.462 e. The second-order valence-corrected chi connectivity index (χ2v) is 8.22. The molecule has 152 valence electrons. The zero-order valence-corrected chi connectivity index (χ0v) is 15.7. The molecule has 0 aliphatic carbocycles. The van der Waals surface area contributed by atoms with E-state index < -0.39 is 50.9 Å². The van der Waals surface area contributed by atoms with Crippen molar-refractivity contribution in [3.8, 4) is 0 Å². The first-order chi connectivity index (χ1) is 13.1. The van der Waals surface area contributed by atoms with Crippen LogP contribution in [0.5, 0.6) is 0 Å². The summed E-state index contributed by atoms with van der Waals surface area (Å²) in [6.45, 7) is 0.893. The highest BCUT2D eigenvalue weighted by atomic mass is 32.2. The minimum absolute atomic E-state index is 0.0257. The third-order valence-corrected chi connectivity index (χ3v) is 5.58. The number of benzene rings is 1. The molecule has 12 heteroatoms. The van der Waals surface area contributed by atoms with Gasteiger partial charge in [-0.3, -0.25) is 14.9 Å². The Morgan fingerprint density at radius 3 is 2.29 bits per heavy atom. The van der Waals surface area contributed by atoms with Crippen molar-refractivity contribution in [2.24, 2.45) is 0 Å². The lowest BCUT2D eigenvalue weighted by molar-refractivity contribution is -0.384. The Balaban J connectivity index is 2.03. The molecule has 1 saturated heterocycles. The van der Waals surface area contributed by atoms with Crippen LogP contribution in [0.2, 0.25) is 0 Å². The van der Waals surface area contributed by atoms with Crippen LogP contribution in [0.25, 0.3) is 0 Å². The number of rotatable bonds is 7. The molecule has 1 aromatic rings. The molecule has 1 heterocycles. The van der Waals surface area contributed by atoms with Gasteiger partial charge in [0.1, 0.15) is 0 Å². The standard InChI is InChI=1S/C16H18N2O9S/c1-2-26-15(20)10-5-11(7-13(6-10)18(22)23)16(21)27-8-14(19)17-12-3-4-28(24,25)9-12/h5-7,12H,2-4,8-9H2,1H3,(H,17,19). The highest BCUT2D eigenvalue weighted by Crippen LogP contribution is 2.19. The molecule has 0 aromatic heterocycles. The number of nitro benzene ring substituents is 1. The lowest BCUT2D eigenvalue weighted by atomic mass is 10.1. The van der Waals surface area contributed by atoms with Gasteiger partial charge >= 0.3 is 11.9 Å². The maximum atomic E-state index is 12.1. The van der Waals surface area contributed by atoms with Gasteiger partial charge in [0.15, 0.2) is 16.4 Å². The van der Waals surface area contributed by atoms with Gasteiger partial charge < -0.3 is 14.8 Å². The van der Waals surface area contributed by atoms with E-state index in [1.807, 2.05) is 0 Å². The Morgan fingerprint density at radius 1 is 1.18 bits per heavy atom. The molecule has 0 saturated carbocycles. The number of nitrogens with zero attached hydrogens (tertiary/aromatic N) is 1. The topological polar surface area (TPSA) is 159 Å². The van der Waals surface area contributed by atoms with E-state index in [9.17, 15) is 32.9 Å². The summed E-state index contributed by atoms with van der Waals surface area (Å²) in [6, 6.07) is 2.38. The van der Waals surface area contributed by atoms with Crippen LogP contribution in [0.4, 0.5) is 5.69 Å². The summed E-state index contributed by atoms with van der Waals surface area (Å²) in [5, 5.41) is 13.4. The van der Waals surface area contributed by atoms with Crippen molar-refractivity contribution < 1.29 is 37.2 Å². The largest absolute Gasteiger partial charge is 0.462 e. The summed E-state index contributed by atoms with van der Waals surface area (Å²) in [5.41, 5.74) is -1.02. The van der Waals surface area contributed by atoms with Gasteiger partial charge in [-0.1, -0.05) is 0 Å². The molecule has 1 N–H and O–H groups in total. The number of sulfone groups is 1. The fraction of sp³-hybridized carbons (Fsp3) is 0.438. The first-order valence-electron chi connectivity index (χ1n) is 8.25. The van der Waals surface area contributed by atoms with Gasteiger partial charge in [0.2, 0.25) is 0 Å². The third-order valence-electron chi connectivity index (χ3n) is 3.81. The second-order valence-electron chi connectivity index (χ2n) is 5.99. The minimum atomic E-state index is -3.18. The number of carbonyl (C=O) groups excluding carboxylic acids is 3. The van der Waals surface area contributed by atoms with Gasteiger partial charge in [-0.25, -0.2) is 18.0 Å². The molecule has 1 aromatic carbocycles. The molecule has 1 aliphatic heterocycles. The summed E-state index contributed by atoms with van der Waals surface area (Å²) in [7, 11) is -3.18. The molecular formula is C16H18N2O9S. The Kier molecular flexibility index (Phi) is 6.67. The number of esters is 2. The molecule has 28 heavy (non-hydrogen) atoms. The molecule has 1 unspecified atom stereocenters.